The van der Waals surface area contributed by atoms with Gasteiger partial charge in [0.05, 0.1) is 45.3 Å². The number of rotatable bonds is 7. The van der Waals surface area contributed by atoms with E-state index in [4.69, 9.17) is 23.2 Å². The zero-order valence-electron chi connectivity index (χ0n) is 20.1. The quantitative estimate of drug-likeness (QED) is 0.431. The van der Waals surface area contributed by atoms with E-state index in [0.29, 0.717) is 30.0 Å². The maximum absolute atomic E-state index is 14.1. The van der Waals surface area contributed by atoms with E-state index in [1.807, 2.05) is 0 Å². The number of sulfone groups is 1. The number of aromatic nitrogens is 2. The number of halogens is 5. The van der Waals surface area contributed by atoms with Crippen LogP contribution in [-0.2, 0) is 29.1 Å². The first-order chi connectivity index (χ1) is 17.8. The lowest BCUT2D eigenvalue weighted by Gasteiger charge is -2.25. The molecule has 2 aromatic carbocycles. The number of H-pyrrole nitrogens is 1. The number of alkyl halides is 3. The van der Waals surface area contributed by atoms with Gasteiger partial charge in [0.25, 0.3) is 5.56 Å². The Bertz CT molecular complexity index is 1620. The highest BCUT2D eigenvalue weighted by Gasteiger charge is 2.37. The molecule has 1 atom stereocenters. The Morgan fingerprint density at radius 1 is 1.16 bits per heavy atom. The summed E-state index contributed by atoms with van der Waals surface area (Å²) in [6.07, 6.45) is -3.56. The van der Waals surface area contributed by atoms with Crippen LogP contribution in [0.4, 0.5) is 13.2 Å². The first-order valence-corrected chi connectivity index (χ1v) is 14.1. The smallest absolute Gasteiger partial charge is 0.395 e. The van der Waals surface area contributed by atoms with Crippen LogP contribution in [0.1, 0.15) is 36.5 Å². The molecule has 2 N–H and O–H groups in total. The summed E-state index contributed by atoms with van der Waals surface area (Å²) in [5, 5.41) is 8.83. The van der Waals surface area contributed by atoms with Crippen LogP contribution < -0.4 is 11.2 Å². The molecule has 3 aromatic rings. The predicted octanol–water partition coefficient (Wildman–Crippen LogP) is 3.81. The van der Waals surface area contributed by atoms with Crippen molar-refractivity contribution in [3.8, 4) is 0 Å². The van der Waals surface area contributed by atoms with Gasteiger partial charge in [0.15, 0.2) is 9.84 Å². The molecular weight excluding hydrogens is 570 g/mol. The number of aliphatic hydroxyl groups is 1. The van der Waals surface area contributed by atoms with Gasteiger partial charge in [-0.2, -0.15) is 13.2 Å². The van der Waals surface area contributed by atoms with Gasteiger partial charge in [-0.1, -0.05) is 30.1 Å². The predicted molar refractivity (Wildman–Crippen MR) is 138 cm³/mol. The molecule has 1 aromatic heterocycles. The lowest BCUT2D eigenvalue weighted by molar-refractivity contribution is -0.138. The summed E-state index contributed by atoms with van der Waals surface area (Å²) in [4.78, 5) is 30.2. The van der Waals surface area contributed by atoms with Gasteiger partial charge in [-0.15, -0.1) is 0 Å². The van der Waals surface area contributed by atoms with Crippen LogP contribution in [0.5, 0.6) is 0 Å². The number of nitrogens with zero attached hydrogens (tertiary/aromatic N) is 2. The molecule has 1 unspecified atom stereocenters. The average molecular weight is 594 g/mol. The topological polar surface area (TPSA) is 112 Å². The highest BCUT2D eigenvalue weighted by molar-refractivity contribution is 7.91. The van der Waals surface area contributed by atoms with E-state index in [1.54, 1.807) is 4.90 Å². The van der Waals surface area contributed by atoms with Gasteiger partial charge in [0.2, 0.25) is 0 Å². The lowest BCUT2D eigenvalue weighted by atomic mass is 10.0. The molecule has 0 spiro atoms. The third-order valence-corrected chi connectivity index (χ3v) is 9.24. The minimum absolute atomic E-state index is 0.0362. The minimum atomic E-state index is -4.87. The summed E-state index contributed by atoms with van der Waals surface area (Å²) in [6, 6.07) is 4.20. The van der Waals surface area contributed by atoms with Gasteiger partial charge in [0, 0.05) is 17.6 Å². The van der Waals surface area contributed by atoms with Crippen LogP contribution >= 0.6 is 23.2 Å². The van der Waals surface area contributed by atoms with Crippen molar-refractivity contribution in [2.75, 3.05) is 18.9 Å². The molecule has 0 saturated carbocycles. The van der Waals surface area contributed by atoms with Crippen molar-refractivity contribution in [1.29, 1.82) is 0 Å². The number of nitrogens with one attached hydrogen (secondary N) is 1. The first-order valence-electron chi connectivity index (χ1n) is 11.7. The Morgan fingerprint density at radius 2 is 1.87 bits per heavy atom. The molecule has 2 heterocycles. The summed E-state index contributed by atoms with van der Waals surface area (Å²) >= 11 is 12.4. The Hall–Kier alpha value is -2.38. The van der Waals surface area contributed by atoms with Crippen molar-refractivity contribution in [2.45, 2.75) is 50.0 Å². The summed E-state index contributed by atoms with van der Waals surface area (Å²) < 4.78 is 68.2. The number of likely N-dealkylation sites (tertiary alicyclic amines) is 1. The van der Waals surface area contributed by atoms with Gasteiger partial charge in [-0.25, -0.2) is 13.2 Å². The van der Waals surface area contributed by atoms with Crippen molar-refractivity contribution >= 4 is 43.9 Å². The lowest BCUT2D eigenvalue weighted by Crippen LogP contribution is -2.36. The number of benzene rings is 2. The van der Waals surface area contributed by atoms with E-state index < -0.39 is 49.8 Å². The average Bonchev–Trinajstić information content (AvgIpc) is 3.30. The number of fused-ring (bicyclic) bond motifs is 1. The molecule has 1 fully saturated rings. The summed E-state index contributed by atoms with van der Waals surface area (Å²) in [5.41, 5.74) is -3.72. The summed E-state index contributed by atoms with van der Waals surface area (Å²) in [6.45, 7) is 0.865. The van der Waals surface area contributed by atoms with Gasteiger partial charge in [0.1, 0.15) is 0 Å². The molecule has 8 nitrogen and oxygen atoms in total. The fourth-order valence-electron chi connectivity index (χ4n) is 4.76. The fraction of sp³-hybridized carbons (Fsp3) is 0.417. The molecule has 0 amide bonds. The maximum atomic E-state index is 14.1. The van der Waals surface area contributed by atoms with Crippen LogP contribution in [0.25, 0.3) is 10.9 Å². The molecule has 0 radical (unpaired) electrons. The first kappa shape index (κ1) is 28.6. The highest BCUT2D eigenvalue weighted by Crippen LogP contribution is 2.39. The van der Waals surface area contributed by atoms with Crippen LogP contribution in [-0.4, -0.2) is 52.9 Å². The molecule has 1 aliphatic rings. The van der Waals surface area contributed by atoms with Crippen molar-refractivity contribution in [3.05, 3.63) is 71.8 Å². The monoisotopic (exact) mass is 593 g/mol. The highest BCUT2D eigenvalue weighted by atomic mass is 35.5. The minimum Gasteiger partial charge on any atom is -0.395 e. The third-order valence-electron chi connectivity index (χ3n) is 6.76. The number of hydrogen-bond donors (Lipinski definition) is 2. The van der Waals surface area contributed by atoms with Gasteiger partial charge < -0.3 is 10.1 Å². The standard InChI is InChI=1S/C24H24Cl2F3N3O5S/c1-2-38(36,37)19-6-5-14(25)8-13(19)10-32-22(34)16-9-18(24(27,28)29)17(20(26)21(16)30-23(32)35)11-31-7-3-4-15(31)12-33/h5-6,8-9,15,33H,2-4,7,10-12H2,1H3,(H,30,35). The molecule has 1 aliphatic heterocycles. The van der Waals surface area contributed by atoms with Crippen LogP contribution in [0, 0.1) is 0 Å². The third kappa shape index (κ3) is 5.37. The second-order valence-corrected chi connectivity index (χ2v) is 12.1. The normalized spacial score (nSPS) is 17.0. The van der Waals surface area contributed by atoms with E-state index >= 15 is 0 Å². The molecule has 1 saturated heterocycles. The molecule has 0 aliphatic carbocycles. The van der Waals surface area contributed by atoms with Crippen LogP contribution in [0.15, 0.2) is 38.8 Å². The van der Waals surface area contributed by atoms with E-state index in [2.05, 4.69) is 4.98 Å². The Morgan fingerprint density at radius 3 is 2.50 bits per heavy atom. The van der Waals surface area contributed by atoms with E-state index in [1.165, 1.54) is 25.1 Å². The summed E-state index contributed by atoms with van der Waals surface area (Å²) in [5.74, 6) is -0.258. The van der Waals surface area contributed by atoms with Crippen LogP contribution in [0.3, 0.4) is 0 Å². The SMILES string of the molecule is CCS(=O)(=O)c1ccc(Cl)cc1Cn1c(=O)[nH]c2c(Cl)c(CN3CCCC3CO)c(C(F)(F)F)cc2c1=O. The summed E-state index contributed by atoms with van der Waals surface area (Å²) in [7, 11) is -3.77. The van der Waals surface area contributed by atoms with Gasteiger partial charge in [-0.3, -0.25) is 14.3 Å². The van der Waals surface area contributed by atoms with E-state index in [0.717, 1.165) is 0 Å². The van der Waals surface area contributed by atoms with Crippen LogP contribution in [0.2, 0.25) is 10.0 Å². The zero-order valence-corrected chi connectivity index (χ0v) is 22.4. The molecule has 14 heteroatoms. The van der Waals surface area contributed by atoms with E-state index in [-0.39, 0.29) is 51.5 Å². The molecule has 4 rings (SSSR count). The van der Waals surface area contributed by atoms with Gasteiger partial charge >= 0.3 is 11.9 Å². The van der Waals surface area contributed by atoms with Crippen molar-refractivity contribution < 1.29 is 26.7 Å². The maximum Gasteiger partial charge on any atom is 0.416 e. The van der Waals surface area contributed by atoms with Crippen molar-refractivity contribution in [1.82, 2.24) is 14.5 Å². The zero-order chi connectivity index (χ0) is 28.0. The number of aliphatic hydroxyl groups excluding tert-OH is 1. The molecular formula is C24H24Cl2F3N3O5S. The second-order valence-electron chi connectivity index (χ2n) is 9.06. The van der Waals surface area contributed by atoms with Crippen molar-refractivity contribution in [2.24, 2.45) is 0 Å². The number of aromatic amines is 1. The molecule has 0 bridgehead atoms. The Kier molecular flexibility index (Phi) is 8.02. The van der Waals surface area contributed by atoms with Crippen molar-refractivity contribution in [3.63, 3.8) is 0 Å². The number of hydrogen-bond acceptors (Lipinski definition) is 6. The Balaban J connectivity index is 1.91. The molecule has 206 valence electrons. The second kappa shape index (κ2) is 10.6. The van der Waals surface area contributed by atoms with E-state index in [9.17, 15) is 36.3 Å². The van der Waals surface area contributed by atoms with Gasteiger partial charge in [-0.05, 0) is 54.8 Å². The fourth-order valence-corrected chi connectivity index (χ4v) is 6.37. The molecule has 38 heavy (non-hydrogen) atoms. The Labute approximate surface area is 225 Å². The largest absolute Gasteiger partial charge is 0.416 e.